The van der Waals surface area contributed by atoms with E-state index < -0.39 is 0 Å². The third-order valence-corrected chi connectivity index (χ3v) is 2.96. The van der Waals surface area contributed by atoms with E-state index in [0.29, 0.717) is 0 Å². The number of hydrogen-bond acceptors (Lipinski definition) is 2. The zero-order valence-electron chi connectivity index (χ0n) is 10.9. The first-order chi connectivity index (χ1) is 8.04. The highest BCUT2D eigenvalue weighted by molar-refractivity contribution is 5.92. The van der Waals surface area contributed by atoms with Crippen LogP contribution in [0.2, 0.25) is 0 Å². The second kappa shape index (κ2) is 6.40. The van der Waals surface area contributed by atoms with Crippen molar-refractivity contribution in [2.24, 2.45) is 11.7 Å². The lowest BCUT2D eigenvalue weighted by atomic mass is 10.0. The first-order valence-electron chi connectivity index (χ1n) is 6.20. The van der Waals surface area contributed by atoms with E-state index in [1.165, 1.54) is 5.56 Å². The van der Waals surface area contributed by atoms with Crippen LogP contribution in [0.4, 0.5) is 5.69 Å². The van der Waals surface area contributed by atoms with Crippen molar-refractivity contribution in [1.82, 2.24) is 0 Å². The number of nitrogens with one attached hydrogen (secondary N) is 1. The summed E-state index contributed by atoms with van der Waals surface area (Å²) in [5, 5.41) is 2.87. The summed E-state index contributed by atoms with van der Waals surface area (Å²) >= 11 is 0. The standard InChI is InChI=1S/C14H22N2O/c1-4-5-12-6-8-13(9-7-12)16-14(17)10(2)11(3)15/h6-11H,4-5,15H2,1-3H3,(H,16,17). The number of nitrogens with two attached hydrogens (primary N) is 1. The van der Waals surface area contributed by atoms with E-state index in [2.05, 4.69) is 24.4 Å². The highest BCUT2D eigenvalue weighted by Crippen LogP contribution is 2.12. The average Bonchev–Trinajstić information content (AvgIpc) is 2.30. The molecule has 0 aliphatic heterocycles. The predicted octanol–water partition coefficient (Wildman–Crippen LogP) is 2.56. The maximum Gasteiger partial charge on any atom is 0.228 e. The van der Waals surface area contributed by atoms with Crippen LogP contribution in [0, 0.1) is 5.92 Å². The second-order valence-corrected chi connectivity index (χ2v) is 4.58. The van der Waals surface area contributed by atoms with Crippen molar-refractivity contribution in [3.63, 3.8) is 0 Å². The normalized spacial score (nSPS) is 14.1. The molecular formula is C14H22N2O. The Hall–Kier alpha value is -1.35. The summed E-state index contributed by atoms with van der Waals surface area (Å²) in [5.74, 6) is -0.200. The van der Waals surface area contributed by atoms with Crippen LogP contribution in [0.3, 0.4) is 0 Å². The molecule has 0 bridgehead atoms. The smallest absolute Gasteiger partial charge is 0.228 e. The van der Waals surface area contributed by atoms with Gasteiger partial charge in [0.2, 0.25) is 5.91 Å². The largest absolute Gasteiger partial charge is 0.327 e. The molecular weight excluding hydrogens is 212 g/mol. The lowest BCUT2D eigenvalue weighted by molar-refractivity contribution is -0.119. The van der Waals surface area contributed by atoms with Crippen LogP contribution in [0.1, 0.15) is 32.8 Å². The van der Waals surface area contributed by atoms with E-state index in [0.717, 1.165) is 18.5 Å². The highest BCUT2D eigenvalue weighted by Gasteiger charge is 2.16. The van der Waals surface area contributed by atoms with E-state index in [1.807, 2.05) is 26.0 Å². The molecule has 2 unspecified atom stereocenters. The Balaban J connectivity index is 2.60. The fraction of sp³-hybridized carbons (Fsp3) is 0.500. The van der Waals surface area contributed by atoms with Gasteiger partial charge in [-0.2, -0.15) is 0 Å². The van der Waals surface area contributed by atoms with Crippen molar-refractivity contribution < 1.29 is 4.79 Å². The molecule has 17 heavy (non-hydrogen) atoms. The Kier molecular flexibility index (Phi) is 5.16. The van der Waals surface area contributed by atoms with E-state index in [-0.39, 0.29) is 17.9 Å². The van der Waals surface area contributed by atoms with Gasteiger partial charge in [0.05, 0.1) is 5.92 Å². The Morgan fingerprint density at radius 3 is 2.35 bits per heavy atom. The highest BCUT2D eigenvalue weighted by atomic mass is 16.1. The summed E-state index contributed by atoms with van der Waals surface area (Å²) in [4.78, 5) is 11.8. The number of carbonyl (C=O) groups excluding carboxylic acids is 1. The molecule has 0 heterocycles. The van der Waals surface area contributed by atoms with E-state index in [4.69, 9.17) is 5.73 Å². The summed E-state index contributed by atoms with van der Waals surface area (Å²) in [6.45, 7) is 5.83. The number of aryl methyl sites for hydroxylation is 1. The Morgan fingerprint density at radius 2 is 1.88 bits per heavy atom. The average molecular weight is 234 g/mol. The van der Waals surface area contributed by atoms with Gasteiger partial charge in [-0.15, -0.1) is 0 Å². The molecule has 2 atom stereocenters. The summed E-state index contributed by atoms with van der Waals surface area (Å²) in [5.41, 5.74) is 7.83. The van der Waals surface area contributed by atoms with Crippen molar-refractivity contribution >= 4 is 11.6 Å². The summed E-state index contributed by atoms with van der Waals surface area (Å²) < 4.78 is 0. The number of hydrogen-bond donors (Lipinski definition) is 2. The topological polar surface area (TPSA) is 55.1 Å². The molecule has 0 aromatic heterocycles. The third kappa shape index (κ3) is 4.19. The molecule has 0 spiro atoms. The van der Waals surface area contributed by atoms with Crippen LogP contribution in [-0.2, 0) is 11.2 Å². The van der Waals surface area contributed by atoms with Gasteiger partial charge in [0.1, 0.15) is 0 Å². The maximum atomic E-state index is 11.8. The molecule has 0 radical (unpaired) electrons. The van der Waals surface area contributed by atoms with Crippen molar-refractivity contribution in [3.8, 4) is 0 Å². The van der Waals surface area contributed by atoms with Gasteiger partial charge in [0.25, 0.3) is 0 Å². The number of carbonyl (C=O) groups is 1. The Labute approximate surface area is 103 Å². The van der Waals surface area contributed by atoms with Crippen LogP contribution in [0.15, 0.2) is 24.3 Å². The van der Waals surface area contributed by atoms with Gasteiger partial charge < -0.3 is 11.1 Å². The van der Waals surface area contributed by atoms with Gasteiger partial charge in [-0.05, 0) is 31.0 Å². The Morgan fingerprint density at radius 1 is 1.29 bits per heavy atom. The second-order valence-electron chi connectivity index (χ2n) is 4.58. The minimum absolute atomic E-state index is 0.0248. The Bertz CT molecular complexity index is 357. The molecule has 0 saturated heterocycles. The van der Waals surface area contributed by atoms with Crippen molar-refractivity contribution in [2.75, 3.05) is 5.32 Å². The van der Waals surface area contributed by atoms with Gasteiger partial charge >= 0.3 is 0 Å². The van der Waals surface area contributed by atoms with Gasteiger partial charge in [-0.3, -0.25) is 4.79 Å². The van der Waals surface area contributed by atoms with Gasteiger partial charge in [0.15, 0.2) is 0 Å². The molecule has 3 N–H and O–H groups in total. The minimum atomic E-state index is -0.176. The fourth-order valence-corrected chi connectivity index (χ4v) is 1.54. The maximum absolute atomic E-state index is 11.8. The lowest BCUT2D eigenvalue weighted by Gasteiger charge is -2.15. The quantitative estimate of drug-likeness (QED) is 0.822. The first-order valence-corrected chi connectivity index (χ1v) is 6.20. The zero-order valence-corrected chi connectivity index (χ0v) is 10.9. The van der Waals surface area contributed by atoms with Gasteiger partial charge in [-0.1, -0.05) is 32.4 Å². The van der Waals surface area contributed by atoms with Crippen molar-refractivity contribution in [1.29, 1.82) is 0 Å². The van der Waals surface area contributed by atoms with E-state index in [1.54, 1.807) is 0 Å². The van der Waals surface area contributed by atoms with E-state index >= 15 is 0 Å². The van der Waals surface area contributed by atoms with Gasteiger partial charge in [0, 0.05) is 11.7 Å². The molecule has 0 aliphatic rings. The zero-order chi connectivity index (χ0) is 12.8. The van der Waals surface area contributed by atoms with Crippen LogP contribution in [0.5, 0.6) is 0 Å². The summed E-state index contributed by atoms with van der Waals surface area (Å²) in [6.07, 6.45) is 2.21. The molecule has 1 aromatic rings. The van der Waals surface area contributed by atoms with E-state index in [9.17, 15) is 4.79 Å². The third-order valence-electron chi connectivity index (χ3n) is 2.96. The van der Waals surface area contributed by atoms with Crippen LogP contribution >= 0.6 is 0 Å². The molecule has 94 valence electrons. The molecule has 3 heteroatoms. The molecule has 1 amide bonds. The molecule has 1 rings (SSSR count). The van der Waals surface area contributed by atoms with Crippen molar-refractivity contribution in [3.05, 3.63) is 29.8 Å². The SMILES string of the molecule is CCCc1ccc(NC(=O)C(C)C(C)N)cc1. The fourth-order valence-electron chi connectivity index (χ4n) is 1.54. The van der Waals surface area contributed by atoms with Crippen LogP contribution < -0.4 is 11.1 Å². The number of benzene rings is 1. The molecule has 3 nitrogen and oxygen atoms in total. The van der Waals surface area contributed by atoms with Crippen LogP contribution in [0.25, 0.3) is 0 Å². The molecule has 0 saturated carbocycles. The van der Waals surface area contributed by atoms with Crippen LogP contribution in [-0.4, -0.2) is 11.9 Å². The van der Waals surface area contributed by atoms with Crippen molar-refractivity contribution in [2.45, 2.75) is 39.7 Å². The molecule has 1 aromatic carbocycles. The first kappa shape index (κ1) is 13.7. The monoisotopic (exact) mass is 234 g/mol. The molecule has 0 aliphatic carbocycles. The molecule has 0 fully saturated rings. The lowest BCUT2D eigenvalue weighted by Crippen LogP contribution is -2.34. The number of amides is 1. The summed E-state index contributed by atoms with van der Waals surface area (Å²) in [7, 11) is 0. The number of anilines is 1. The number of rotatable bonds is 5. The minimum Gasteiger partial charge on any atom is -0.327 e. The summed E-state index contributed by atoms with van der Waals surface area (Å²) in [6, 6.07) is 7.85. The van der Waals surface area contributed by atoms with Gasteiger partial charge in [-0.25, -0.2) is 0 Å². The predicted molar refractivity (Wildman–Crippen MR) is 71.9 cm³/mol.